The molecule has 214 valence electrons. The maximum atomic E-state index is 11.7. The van der Waals surface area contributed by atoms with E-state index in [9.17, 15) is 4.79 Å². The average Bonchev–Trinajstić information content (AvgIpc) is 2.94. The molecule has 1 unspecified atom stereocenters. The standard InChI is InChI=1S/C35H47N3O2/c1-27(20-36(4)23-31-9-6-5-7-10-31)13-14-30-11-8-12-33(19-30)25-38-28(2)21-37(22-29(38)3)24-32-15-17-34(18-16-32)35(40)26-39/h5-12,15-19,27-29,39H,13-14,20-26H2,1-4H3/t27?,28-,29+. The number of hydrogen-bond donors (Lipinski definition) is 1. The molecule has 0 aliphatic carbocycles. The number of rotatable bonds is 13. The maximum Gasteiger partial charge on any atom is 0.188 e. The average molecular weight is 542 g/mol. The molecule has 5 nitrogen and oxygen atoms in total. The van der Waals surface area contributed by atoms with E-state index in [0.29, 0.717) is 23.6 Å². The van der Waals surface area contributed by atoms with Crippen LogP contribution >= 0.6 is 0 Å². The Morgan fingerprint density at radius 2 is 1.52 bits per heavy atom. The molecule has 0 amide bonds. The van der Waals surface area contributed by atoms with Crippen LogP contribution in [0.4, 0.5) is 0 Å². The molecule has 1 N–H and O–H groups in total. The van der Waals surface area contributed by atoms with Crippen LogP contribution in [-0.2, 0) is 26.1 Å². The van der Waals surface area contributed by atoms with E-state index < -0.39 is 6.61 Å². The summed E-state index contributed by atoms with van der Waals surface area (Å²) in [4.78, 5) is 19.3. The van der Waals surface area contributed by atoms with Gasteiger partial charge in [0.25, 0.3) is 0 Å². The first-order valence-electron chi connectivity index (χ1n) is 14.8. The van der Waals surface area contributed by atoms with Gasteiger partial charge in [-0.15, -0.1) is 0 Å². The molecule has 3 aromatic rings. The zero-order valence-corrected chi connectivity index (χ0v) is 24.8. The van der Waals surface area contributed by atoms with Crippen LogP contribution in [0.1, 0.15) is 59.8 Å². The van der Waals surface area contributed by atoms with Gasteiger partial charge in [-0.2, -0.15) is 0 Å². The largest absolute Gasteiger partial charge is 0.388 e. The molecule has 4 rings (SSSR count). The summed E-state index contributed by atoms with van der Waals surface area (Å²) in [6, 6.07) is 28.5. The van der Waals surface area contributed by atoms with E-state index in [1.807, 2.05) is 24.3 Å². The summed E-state index contributed by atoms with van der Waals surface area (Å²) in [5, 5.41) is 9.08. The summed E-state index contributed by atoms with van der Waals surface area (Å²) in [5.74, 6) is 0.421. The minimum absolute atomic E-state index is 0.229. The predicted octanol–water partition coefficient (Wildman–Crippen LogP) is 5.66. The molecule has 3 aromatic carbocycles. The molecule has 0 spiro atoms. The molecule has 1 fully saturated rings. The van der Waals surface area contributed by atoms with Gasteiger partial charge in [0.15, 0.2) is 5.78 Å². The lowest BCUT2D eigenvalue weighted by Gasteiger charge is -2.44. The zero-order chi connectivity index (χ0) is 28.5. The molecule has 0 radical (unpaired) electrons. The predicted molar refractivity (Wildman–Crippen MR) is 164 cm³/mol. The highest BCUT2D eigenvalue weighted by molar-refractivity contribution is 5.96. The van der Waals surface area contributed by atoms with E-state index in [0.717, 1.165) is 45.7 Å². The van der Waals surface area contributed by atoms with Gasteiger partial charge in [-0.3, -0.25) is 14.6 Å². The van der Waals surface area contributed by atoms with Crippen molar-refractivity contribution < 1.29 is 9.90 Å². The Hall–Kier alpha value is -2.83. The van der Waals surface area contributed by atoms with E-state index in [4.69, 9.17) is 5.11 Å². The van der Waals surface area contributed by atoms with Crippen molar-refractivity contribution >= 4 is 5.78 Å². The molecule has 40 heavy (non-hydrogen) atoms. The minimum Gasteiger partial charge on any atom is -0.388 e. The highest BCUT2D eigenvalue weighted by Gasteiger charge is 2.29. The minimum atomic E-state index is -0.439. The summed E-state index contributed by atoms with van der Waals surface area (Å²) in [6.45, 7) is 12.6. The first-order valence-corrected chi connectivity index (χ1v) is 14.8. The number of Topliss-reactive ketones (excluding diaryl/α,β-unsaturated/α-hetero) is 1. The molecule has 0 aromatic heterocycles. The number of hydrogen-bond acceptors (Lipinski definition) is 5. The number of benzene rings is 3. The second kappa shape index (κ2) is 14.7. The highest BCUT2D eigenvalue weighted by atomic mass is 16.3. The molecule has 1 saturated heterocycles. The fraction of sp³-hybridized carbons (Fsp3) is 0.457. The fourth-order valence-corrected chi connectivity index (χ4v) is 6.14. The van der Waals surface area contributed by atoms with Gasteiger partial charge in [0.05, 0.1) is 0 Å². The lowest BCUT2D eigenvalue weighted by Crippen LogP contribution is -2.55. The van der Waals surface area contributed by atoms with Crippen molar-refractivity contribution in [3.63, 3.8) is 0 Å². The number of ketones is 1. The third-order valence-corrected chi connectivity index (χ3v) is 8.20. The van der Waals surface area contributed by atoms with Crippen molar-refractivity contribution in [2.45, 2.75) is 65.3 Å². The second-order valence-electron chi connectivity index (χ2n) is 12.0. The van der Waals surface area contributed by atoms with E-state index in [2.05, 4.69) is 97.1 Å². The van der Waals surface area contributed by atoms with Gasteiger partial charge < -0.3 is 10.0 Å². The van der Waals surface area contributed by atoms with Gasteiger partial charge in [-0.1, -0.05) is 85.8 Å². The van der Waals surface area contributed by atoms with E-state index in [1.54, 1.807) is 0 Å². The normalized spacial score (nSPS) is 19.1. The topological polar surface area (TPSA) is 47.0 Å². The van der Waals surface area contributed by atoms with Gasteiger partial charge in [0.2, 0.25) is 0 Å². The van der Waals surface area contributed by atoms with Crippen LogP contribution < -0.4 is 0 Å². The SMILES string of the molecule is CC(CCc1cccc(CN2[C@H](C)CN(Cc3ccc(C(=O)CO)cc3)C[C@@H]2C)c1)CN(C)Cc1ccccc1. The maximum absolute atomic E-state index is 11.7. The first kappa shape index (κ1) is 30.1. The summed E-state index contributed by atoms with van der Waals surface area (Å²) in [6.07, 6.45) is 2.32. The van der Waals surface area contributed by atoms with Crippen molar-refractivity contribution in [3.8, 4) is 0 Å². The molecule has 1 aliphatic heterocycles. The zero-order valence-electron chi connectivity index (χ0n) is 24.8. The smallest absolute Gasteiger partial charge is 0.188 e. The molecular weight excluding hydrogens is 494 g/mol. The third-order valence-electron chi connectivity index (χ3n) is 8.20. The second-order valence-corrected chi connectivity index (χ2v) is 12.0. The fourth-order valence-electron chi connectivity index (χ4n) is 6.14. The lowest BCUT2D eigenvalue weighted by molar-refractivity contribution is 0.0290. The quantitative estimate of drug-likeness (QED) is 0.283. The van der Waals surface area contributed by atoms with Crippen molar-refractivity contribution in [1.82, 2.24) is 14.7 Å². The van der Waals surface area contributed by atoms with Crippen molar-refractivity contribution in [1.29, 1.82) is 0 Å². The van der Waals surface area contributed by atoms with E-state index in [1.165, 1.54) is 28.7 Å². The first-order chi connectivity index (χ1) is 19.3. The third kappa shape index (κ3) is 8.84. The van der Waals surface area contributed by atoms with Gasteiger partial charge in [-0.05, 0) is 61.9 Å². The number of aryl methyl sites for hydroxylation is 1. The van der Waals surface area contributed by atoms with E-state index in [-0.39, 0.29) is 5.78 Å². The van der Waals surface area contributed by atoms with Gasteiger partial charge >= 0.3 is 0 Å². The van der Waals surface area contributed by atoms with Crippen LogP contribution in [0.15, 0.2) is 78.9 Å². The number of aliphatic hydroxyl groups excluding tert-OH is 1. The van der Waals surface area contributed by atoms with Crippen LogP contribution in [0, 0.1) is 5.92 Å². The molecular formula is C35H47N3O2. The van der Waals surface area contributed by atoms with Gasteiger partial charge in [0, 0.05) is 56.9 Å². The number of piperazine rings is 1. The Morgan fingerprint density at radius 1 is 0.875 bits per heavy atom. The lowest BCUT2D eigenvalue weighted by atomic mass is 9.98. The Morgan fingerprint density at radius 3 is 2.20 bits per heavy atom. The molecule has 5 heteroatoms. The summed E-state index contributed by atoms with van der Waals surface area (Å²) >= 11 is 0. The Labute approximate surface area is 241 Å². The molecule has 3 atom stereocenters. The molecule has 0 saturated carbocycles. The monoisotopic (exact) mass is 541 g/mol. The van der Waals surface area contributed by atoms with Crippen LogP contribution in [0.25, 0.3) is 0 Å². The van der Waals surface area contributed by atoms with Crippen LogP contribution in [-0.4, -0.2) is 71.0 Å². The number of aliphatic hydroxyl groups is 1. The van der Waals surface area contributed by atoms with Crippen molar-refractivity contribution in [2.75, 3.05) is 33.3 Å². The van der Waals surface area contributed by atoms with Gasteiger partial charge in [0.1, 0.15) is 6.61 Å². The molecule has 1 aliphatic rings. The van der Waals surface area contributed by atoms with Crippen molar-refractivity contribution in [3.05, 3.63) is 107 Å². The summed E-state index contributed by atoms with van der Waals surface area (Å²) in [5.41, 5.74) is 6.00. The van der Waals surface area contributed by atoms with Crippen LogP contribution in [0.5, 0.6) is 0 Å². The number of carbonyl (C=O) groups excluding carboxylic acids is 1. The van der Waals surface area contributed by atoms with Gasteiger partial charge in [-0.25, -0.2) is 0 Å². The Bertz CT molecular complexity index is 1180. The number of nitrogens with zero attached hydrogens (tertiary/aromatic N) is 3. The molecule has 1 heterocycles. The Kier molecular flexibility index (Phi) is 11.1. The van der Waals surface area contributed by atoms with Crippen LogP contribution in [0.2, 0.25) is 0 Å². The molecule has 0 bridgehead atoms. The van der Waals surface area contributed by atoms with Crippen LogP contribution in [0.3, 0.4) is 0 Å². The van der Waals surface area contributed by atoms with E-state index >= 15 is 0 Å². The summed E-state index contributed by atoms with van der Waals surface area (Å²) < 4.78 is 0. The number of carbonyl (C=O) groups is 1. The summed E-state index contributed by atoms with van der Waals surface area (Å²) in [7, 11) is 2.23. The highest BCUT2D eigenvalue weighted by Crippen LogP contribution is 2.22. The Balaban J connectivity index is 1.25. The van der Waals surface area contributed by atoms with Crippen molar-refractivity contribution in [2.24, 2.45) is 5.92 Å².